The number of hydrogen-bond acceptors (Lipinski definition) is 3. The van der Waals surface area contributed by atoms with E-state index in [4.69, 9.17) is 4.74 Å². The number of hydrogen-bond donors (Lipinski definition) is 1. The number of anilines is 2. The minimum atomic E-state index is -0.286. The molecule has 1 N–H and O–H groups in total. The van der Waals surface area contributed by atoms with Crippen LogP contribution in [0.3, 0.4) is 0 Å². The number of carbonyl (C=O) groups is 1. The highest BCUT2D eigenvalue weighted by atomic mass is 16.5. The van der Waals surface area contributed by atoms with Crippen molar-refractivity contribution in [3.8, 4) is 5.75 Å². The molecular weight excluding hydrogens is 324 g/mol. The van der Waals surface area contributed by atoms with Gasteiger partial charge in [-0.25, -0.2) is 0 Å². The number of ether oxygens (including phenoxy) is 1. The smallest absolute Gasteiger partial charge is 0.262 e. The molecule has 0 aromatic heterocycles. The summed E-state index contributed by atoms with van der Waals surface area (Å²) in [6, 6.07) is 23.4. The second kappa shape index (κ2) is 6.56. The van der Waals surface area contributed by atoms with Crippen LogP contribution in [0.15, 0.2) is 72.8 Å². The van der Waals surface area contributed by atoms with Crippen LogP contribution in [0.5, 0.6) is 5.75 Å². The molecule has 1 amide bonds. The van der Waals surface area contributed by atoms with E-state index in [1.54, 1.807) is 7.11 Å². The van der Waals surface area contributed by atoms with Crippen molar-refractivity contribution in [1.82, 2.24) is 0 Å². The molecule has 0 aliphatic carbocycles. The van der Waals surface area contributed by atoms with Gasteiger partial charge in [0.15, 0.2) is 0 Å². The normalized spacial score (nSPS) is 16.0. The lowest BCUT2D eigenvalue weighted by Crippen LogP contribution is -2.43. The standard InChI is InChI=1S/C22H20N2O2/c1-15-7-11-17(12-8-15)24-21(16-9-13-18(26-2)14-10-16)23-20-6-4-3-5-19(20)22(24)25/h3-14,21,23H,1-2H3. The summed E-state index contributed by atoms with van der Waals surface area (Å²) >= 11 is 0. The van der Waals surface area contributed by atoms with Crippen LogP contribution >= 0.6 is 0 Å². The minimum absolute atomic E-state index is 0.0102. The SMILES string of the molecule is COc1ccc(C2Nc3ccccc3C(=O)N2c2ccc(C)cc2)cc1. The molecule has 0 spiro atoms. The first-order chi connectivity index (χ1) is 12.7. The molecule has 4 nitrogen and oxygen atoms in total. The Morgan fingerprint density at radius 3 is 2.31 bits per heavy atom. The Morgan fingerprint density at radius 2 is 1.62 bits per heavy atom. The van der Waals surface area contributed by atoms with E-state index in [0.29, 0.717) is 5.56 Å². The number of rotatable bonds is 3. The van der Waals surface area contributed by atoms with E-state index >= 15 is 0 Å². The zero-order valence-corrected chi connectivity index (χ0v) is 14.8. The van der Waals surface area contributed by atoms with Crippen molar-refractivity contribution in [2.24, 2.45) is 0 Å². The maximum absolute atomic E-state index is 13.3. The summed E-state index contributed by atoms with van der Waals surface area (Å²) in [6.45, 7) is 2.04. The number of nitrogens with one attached hydrogen (secondary N) is 1. The summed E-state index contributed by atoms with van der Waals surface area (Å²) < 4.78 is 5.26. The first-order valence-electron chi connectivity index (χ1n) is 8.57. The summed E-state index contributed by atoms with van der Waals surface area (Å²) in [6.07, 6.45) is -0.286. The molecule has 1 atom stereocenters. The molecule has 1 aliphatic rings. The van der Waals surface area contributed by atoms with Gasteiger partial charge in [-0.15, -0.1) is 0 Å². The molecule has 4 heteroatoms. The quantitative estimate of drug-likeness (QED) is 0.744. The molecule has 0 saturated carbocycles. The Balaban J connectivity index is 1.82. The summed E-state index contributed by atoms with van der Waals surface area (Å²) in [5.74, 6) is 0.780. The van der Waals surface area contributed by atoms with Gasteiger partial charge >= 0.3 is 0 Å². The van der Waals surface area contributed by atoms with Gasteiger partial charge < -0.3 is 10.1 Å². The molecule has 4 rings (SSSR count). The molecule has 1 unspecified atom stereocenters. The van der Waals surface area contributed by atoms with Gasteiger partial charge in [-0.3, -0.25) is 9.69 Å². The van der Waals surface area contributed by atoms with Crippen molar-refractivity contribution in [2.75, 3.05) is 17.3 Å². The predicted octanol–water partition coefficient (Wildman–Crippen LogP) is 4.77. The van der Waals surface area contributed by atoms with E-state index in [-0.39, 0.29) is 12.1 Å². The minimum Gasteiger partial charge on any atom is -0.497 e. The zero-order chi connectivity index (χ0) is 18.1. The molecule has 0 radical (unpaired) electrons. The van der Waals surface area contributed by atoms with E-state index < -0.39 is 0 Å². The predicted molar refractivity (Wildman–Crippen MR) is 104 cm³/mol. The highest BCUT2D eigenvalue weighted by Gasteiger charge is 2.33. The molecule has 3 aromatic carbocycles. The highest BCUT2D eigenvalue weighted by Crippen LogP contribution is 2.37. The molecule has 1 aliphatic heterocycles. The number of aryl methyl sites for hydroxylation is 1. The fraction of sp³-hybridized carbons (Fsp3) is 0.136. The fourth-order valence-electron chi connectivity index (χ4n) is 3.24. The first-order valence-corrected chi connectivity index (χ1v) is 8.57. The largest absolute Gasteiger partial charge is 0.497 e. The van der Waals surface area contributed by atoms with E-state index in [9.17, 15) is 4.79 Å². The van der Waals surface area contributed by atoms with Crippen molar-refractivity contribution in [1.29, 1.82) is 0 Å². The Morgan fingerprint density at radius 1 is 0.923 bits per heavy atom. The van der Waals surface area contributed by atoms with Crippen molar-refractivity contribution in [3.05, 3.63) is 89.5 Å². The lowest BCUT2D eigenvalue weighted by Gasteiger charge is -2.38. The van der Waals surface area contributed by atoms with Gasteiger partial charge in [0.05, 0.1) is 12.7 Å². The number of carbonyl (C=O) groups excluding carboxylic acids is 1. The van der Waals surface area contributed by atoms with Crippen molar-refractivity contribution in [2.45, 2.75) is 13.1 Å². The third-order valence-corrected chi connectivity index (χ3v) is 4.67. The maximum atomic E-state index is 13.3. The molecule has 3 aromatic rings. The van der Waals surface area contributed by atoms with Gasteiger partial charge in [0, 0.05) is 11.4 Å². The van der Waals surface area contributed by atoms with Gasteiger partial charge in [0.1, 0.15) is 11.9 Å². The number of amides is 1. The lowest BCUT2D eigenvalue weighted by molar-refractivity contribution is 0.0975. The Bertz CT molecular complexity index is 933. The Labute approximate surface area is 153 Å². The molecule has 0 fully saturated rings. The van der Waals surface area contributed by atoms with E-state index in [1.165, 1.54) is 0 Å². The Hall–Kier alpha value is -3.27. The van der Waals surface area contributed by atoms with E-state index in [2.05, 4.69) is 5.32 Å². The van der Waals surface area contributed by atoms with Crippen LogP contribution in [0, 0.1) is 6.92 Å². The Kier molecular flexibility index (Phi) is 4.09. The summed E-state index contributed by atoms with van der Waals surface area (Å²) in [7, 11) is 1.65. The maximum Gasteiger partial charge on any atom is 0.262 e. The van der Waals surface area contributed by atoms with Crippen LogP contribution in [0.4, 0.5) is 11.4 Å². The van der Waals surface area contributed by atoms with E-state index in [0.717, 1.165) is 28.3 Å². The van der Waals surface area contributed by atoms with Crippen molar-refractivity contribution < 1.29 is 9.53 Å². The van der Waals surface area contributed by atoms with Gasteiger partial charge in [-0.05, 0) is 48.9 Å². The van der Waals surface area contributed by atoms with Gasteiger partial charge in [-0.2, -0.15) is 0 Å². The van der Waals surface area contributed by atoms with Crippen LogP contribution < -0.4 is 15.0 Å². The lowest BCUT2D eigenvalue weighted by atomic mass is 10.0. The third-order valence-electron chi connectivity index (χ3n) is 4.67. The third kappa shape index (κ3) is 2.80. The average molecular weight is 344 g/mol. The zero-order valence-electron chi connectivity index (χ0n) is 14.8. The van der Waals surface area contributed by atoms with Crippen LogP contribution in [0.25, 0.3) is 0 Å². The van der Waals surface area contributed by atoms with Gasteiger partial charge in [-0.1, -0.05) is 42.0 Å². The number of benzene rings is 3. The molecule has 26 heavy (non-hydrogen) atoms. The van der Waals surface area contributed by atoms with Crippen LogP contribution in [-0.2, 0) is 0 Å². The van der Waals surface area contributed by atoms with Gasteiger partial charge in [0.25, 0.3) is 5.91 Å². The number of nitrogens with zero attached hydrogens (tertiary/aromatic N) is 1. The van der Waals surface area contributed by atoms with Crippen molar-refractivity contribution in [3.63, 3.8) is 0 Å². The molecule has 130 valence electrons. The van der Waals surface area contributed by atoms with Crippen LogP contribution in [0.1, 0.15) is 27.7 Å². The summed E-state index contributed by atoms with van der Waals surface area (Å²) in [5.41, 5.74) is 4.55. The second-order valence-corrected chi connectivity index (χ2v) is 6.38. The number of para-hydroxylation sites is 1. The highest BCUT2D eigenvalue weighted by molar-refractivity contribution is 6.12. The van der Waals surface area contributed by atoms with Crippen LogP contribution in [0.2, 0.25) is 0 Å². The molecular formula is C22H20N2O2. The first kappa shape index (κ1) is 16.2. The molecule has 0 bridgehead atoms. The number of fused-ring (bicyclic) bond motifs is 1. The van der Waals surface area contributed by atoms with Crippen molar-refractivity contribution >= 4 is 17.3 Å². The second-order valence-electron chi connectivity index (χ2n) is 6.38. The van der Waals surface area contributed by atoms with E-state index in [1.807, 2.05) is 84.6 Å². The molecule has 0 saturated heterocycles. The average Bonchev–Trinajstić information content (AvgIpc) is 2.69. The topological polar surface area (TPSA) is 41.6 Å². The van der Waals surface area contributed by atoms with Gasteiger partial charge in [0.2, 0.25) is 0 Å². The summed E-state index contributed by atoms with van der Waals surface area (Å²) in [5, 5.41) is 3.51. The monoisotopic (exact) mass is 344 g/mol. The molecule has 1 heterocycles. The summed E-state index contributed by atoms with van der Waals surface area (Å²) in [4.78, 5) is 15.1. The number of methoxy groups -OCH3 is 1. The van der Waals surface area contributed by atoms with Crippen LogP contribution in [-0.4, -0.2) is 13.0 Å². The fourth-order valence-corrected chi connectivity index (χ4v) is 3.24.